The first kappa shape index (κ1) is 18.3. The fourth-order valence-electron chi connectivity index (χ4n) is 3.38. The van der Waals surface area contributed by atoms with E-state index in [-0.39, 0.29) is 12.5 Å². The topological polar surface area (TPSA) is 56.6 Å². The number of rotatable bonds is 6. The number of methoxy groups -OCH3 is 1. The second-order valence-electron chi connectivity index (χ2n) is 6.90. The first-order valence-corrected chi connectivity index (χ1v) is 9.11. The van der Waals surface area contributed by atoms with Crippen molar-refractivity contribution in [1.82, 2.24) is 14.7 Å². The molecule has 3 rings (SSSR count). The van der Waals surface area contributed by atoms with E-state index in [1.54, 1.807) is 7.11 Å². The van der Waals surface area contributed by atoms with Gasteiger partial charge in [-0.3, -0.25) is 9.48 Å². The summed E-state index contributed by atoms with van der Waals surface area (Å²) in [5.74, 6) is 2.07. The molecule has 0 aliphatic carbocycles. The molecule has 1 aromatic heterocycles. The summed E-state index contributed by atoms with van der Waals surface area (Å²) < 4.78 is 12.8. The summed E-state index contributed by atoms with van der Waals surface area (Å²) in [6.07, 6.45) is 2.01. The molecule has 1 amide bonds. The van der Waals surface area contributed by atoms with Crippen LogP contribution in [0.5, 0.6) is 11.5 Å². The van der Waals surface area contributed by atoms with Gasteiger partial charge in [-0.1, -0.05) is 0 Å². The number of hydrogen-bond acceptors (Lipinski definition) is 4. The average molecular weight is 357 g/mol. The second kappa shape index (κ2) is 8.25. The van der Waals surface area contributed by atoms with Crippen LogP contribution in [0.3, 0.4) is 0 Å². The van der Waals surface area contributed by atoms with Crippen LogP contribution in [0.25, 0.3) is 0 Å². The minimum atomic E-state index is 0.0467. The maximum absolute atomic E-state index is 12.4. The number of carbonyl (C=O) groups excluding carboxylic acids is 1. The summed E-state index contributed by atoms with van der Waals surface area (Å²) in [6.45, 7) is 6.70. The minimum absolute atomic E-state index is 0.0467. The van der Waals surface area contributed by atoms with Gasteiger partial charge in [0, 0.05) is 25.3 Å². The molecular weight excluding hydrogens is 330 g/mol. The molecule has 2 heterocycles. The number of aryl methyl sites for hydroxylation is 2. The molecule has 0 atom stereocenters. The monoisotopic (exact) mass is 357 g/mol. The van der Waals surface area contributed by atoms with E-state index in [1.165, 1.54) is 5.69 Å². The predicted octanol–water partition coefficient (Wildman–Crippen LogP) is 2.83. The summed E-state index contributed by atoms with van der Waals surface area (Å²) >= 11 is 0. The van der Waals surface area contributed by atoms with E-state index < -0.39 is 0 Å². The normalized spacial score (nSPS) is 15.1. The third-order valence-electron chi connectivity index (χ3n) is 4.92. The Morgan fingerprint density at radius 1 is 1.15 bits per heavy atom. The second-order valence-corrected chi connectivity index (χ2v) is 6.90. The van der Waals surface area contributed by atoms with Gasteiger partial charge in [0.2, 0.25) is 0 Å². The van der Waals surface area contributed by atoms with E-state index in [0.29, 0.717) is 11.7 Å². The Kier molecular flexibility index (Phi) is 5.81. The lowest BCUT2D eigenvalue weighted by Gasteiger charge is -2.32. The lowest BCUT2D eigenvalue weighted by molar-refractivity contribution is -0.134. The number of amides is 1. The maximum Gasteiger partial charge on any atom is 0.260 e. The van der Waals surface area contributed by atoms with Gasteiger partial charge in [0.25, 0.3) is 5.91 Å². The van der Waals surface area contributed by atoms with Crippen LogP contribution >= 0.6 is 0 Å². The SMILES string of the molecule is COc1ccc(OCC(=O)N2CCC(Cn3nc(C)cc3C)CC2)cc1. The Morgan fingerprint density at radius 3 is 2.38 bits per heavy atom. The zero-order valence-electron chi connectivity index (χ0n) is 15.8. The summed E-state index contributed by atoms with van der Waals surface area (Å²) in [7, 11) is 1.62. The van der Waals surface area contributed by atoms with Gasteiger partial charge in [0.1, 0.15) is 11.5 Å². The molecule has 2 aromatic rings. The molecule has 6 heteroatoms. The van der Waals surface area contributed by atoms with Gasteiger partial charge >= 0.3 is 0 Å². The quantitative estimate of drug-likeness (QED) is 0.798. The first-order chi connectivity index (χ1) is 12.5. The Morgan fingerprint density at radius 2 is 1.81 bits per heavy atom. The molecule has 6 nitrogen and oxygen atoms in total. The van der Waals surface area contributed by atoms with Gasteiger partial charge in [-0.25, -0.2) is 0 Å². The van der Waals surface area contributed by atoms with Crippen molar-refractivity contribution in [3.63, 3.8) is 0 Å². The Hall–Kier alpha value is -2.50. The van der Waals surface area contributed by atoms with Gasteiger partial charge in [-0.05, 0) is 62.9 Å². The lowest BCUT2D eigenvalue weighted by atomic mass is 9.97. The number of likely N-dealkylation sites (tertiary alicyclic amines) is 1. The molecule has 1 saturated heterocycles. The summed E-state index contributed by atoms with van der Waals surface area (Å²) in [6, 6.07) is 9.38. The zero-order chi connectivity index (χ0) is 18.5. The van der Waals surface area contributed by atoms with Crippen molar-refractivity contribution in [1.29, 1.82) is 0 Å². The van der Waals surface area contributed by atoms with E-state index in [4.69, 9.17) is 9.47 Å². The molecule has 26 heavy (non-hydrogen) atoms. The number of hydrogen-bond donors (Lipinski definition) is 0. The summed E-state index contributed by atoms with van der Waals surface area (Å²) in [4.78, 5) is 14.3. The Balaban J connectivity index is 1.43. The predicted molar refractivity (Wildman–Crippen MR) is 99.5 cm³/mol. The van der Waals surface area contributed by atoms with Crippen molar-refractivity contribution in [3.05, 3.63) is 41.7 Å². The largest absolute Gasteiger partial charge is 0.497 e. The smallest absolute Gasteiger partial charge is 0.260 e. The number of benzene rings is 1. The molecular formula is C20H27N3O3. The van der Waals surface area contributed by atoms with Crippen LogP contribution in [-0.4, -0.2) is 47.4 Å². The fraction of sp³-hybridized carbons (Fsp3) is 0.500. The van der Waals surface area contributed by atoms with Crippen LogP contribution < -0.4 is 9.47 Å². The van der Waals surface area contributed by atoms with Crippen molar-refractivity contribution in [3.8, 4) is 11.5 Å². The van der Waals surface area contributed by atoms with E-state index >= 15 is 0 Å². The zero-order valence-corrected chi connectivity index (χ0v) is 15.8. The third-order valence-corrected chi connectivity index (χ3v) is 4.92. The van der Waals surface area contributed by atoms with Crippen LogP contribution in [0.2, 0.25) is 0 Å². The van der Waals surface area contributed by atoms with Gasteiger partial charge in [0.05, 0.1) is 12.8 Å². The standard InChI is InChI=1S/C20H27N3O3/c1-15-12-16(2)23(21-15)13-17-8-10-22(11-9-17)20(24)14-26-19-6-4-18(25-3)5-7-19/h4-7,12,17H,8-11,13-14H2,1-3H3. The van der Waals surface area contributed by atoms with Crippen molar-refractivity contribution in [2.45, 2.75) is 33.2 Å². The van der Waals surface area contributed by atoms with E-state index in [2.05, 4.69) is 22.8 Å². The van der Waals surface area contributed by atoms with Crippen LogP contribution in [-0.2, 0) is 11.3 Å². The molecule has 1 aliphatic rings. The highest BCUT2D eigenvalue weighted by Gasteiger charge is 2.23. The van der Waals surface area contributed by atoms with Gasteiger partial charge in [-0.15, -0.1) is 0 Å². The van der Waals surface area contributed by atoms with Crippen molar-refractivity contribution < 1.29 is 14.3 Å². The number of carbonyl (C=O) groups is 1. The van der Waals surface area contributed by atoms with Crippen LogP contribution in [0.15, 0.2) is 30.3 Å². The van der Waals surface area contributed by atoms with Gasteiger partial charge in [-0.2, -0.15) is 5.10 Å². The molecule has 1 aliphatic heterocycles. The number of piperidine rings is 1. The molecule has 1 aromatic carbocycles. The molecule has 140 valence electrons. The van der Waals surface area contributed by atoms with Crippen LogP contribution in [0.4, 0.5) is 0 Å². The van der Waals surface area contributed by atoms with Crippen molar-refractivity contribution in [2.24, 2.45) is 5.92 Å². The number of aromatic nitrogens is 2. The maximum atomic E-state index is 12.4. The van der Waals surface area contributed by atoms with Crippen molar-refractivity contribution in [2.75, 3.05) is 26.8 Å². The highest BCUT2D eigenvalue weighted by molar-refractivity contribution is 5.77. The molecule has 0 bridgehead atoms. The third kappa shape index (κ3) is 4.56. The molecule has 0 unspecified atom stereocenters. The van der Waals surface area contributed by atoms with Crippen molar-refractivity contribution >= 4 is 5.91 Å². The Labute approximate surface area is 154 Å². The Bertz CT molecular complexity index is 731. The van der Waals surface area contributed by atoms with Crippen LogP contribution in [0.1, 0.15) is 24.2 Å². The van der Waals surface area contributed by atoms with E-state index in [9.17, 15) is 4.79 Å². The molecule has 0 spiro atoms. The fourth-order valence-corrected chi connectivity index (χ4v) is 3.38. The van der Waals surface area contributed by atoms with E-state index in [1.807, 2.05) is 36.1 Å². The minimum Gasteiger partial charge on any atom is -0.497 e. The molecule has 0 N–H and O–H groups in total. The van der Waals surface area contributed by atoms with Crippen LogP contribution in [0, 0.1) is 19.8 Å². The number of ether oxygens (including phenoxy) is 2. The first-order valence-electron chi connectivity index (χ1n) is 9.11. The van der Waals surface area contributed by atoms with Gasteiger partial charge in [0.15, 0.2) is 6.61 Å². The average Bonchev–Trinajstić information content (AvgIpc) is 2.97. The summed E-state index contributed by atoms with van der Waals surface area (Å²) in [5.41, 5.74) is 2.26. The van der Waals surface area contributed by atoms with Gasteiger partial charge < -0.3 is 14.4 Å². The summed E-state index contributed by atoms with van der Waals surface area (Å²) in [5, 5.41) is 4.54. The van der Waals surface area contributed by atoms with E-state index in [0.717, 1.165) is 43.9 Å². The molecule has 1 fully saturated rings. The molecule has 0 radical (unpaired) electrons. The molecule has 0 saturated carbocycles. The lowest BCUT2D eigenvalue weighted by Crippen LogP contribution is -2.41. The number of nitrogens with zero attached hydrogens (tertiary/aromatic N) is 3. The highest BCUT2D eigenvalue weighted by Crippen LogP contribution is 2.21. The highest BCUT2D eigenvalue weighted by atomic mass is 16.5.